The predicted molar refractivity (Wildman–Crippen MR) is 198 cm³/mol. The molecular weight excluding hydrogens is 728 g/mol. The SMILES string of the molecule is CCCCS(=O)(=O)N[C@@H](CNC(=O)C1CC[C@H]([C@@H](CCN=C(NC(=O)OC(C)(C)C)NC(=O)OC(C)(C)C)NC(=O)OCc2ccccc2)O1)C(=O)OC. The minimum absolute atomic E-state index is 0.0125. The van der Waals surface area contributed by atoms with Crippen LogP contribution in [0.25, 0.3) is 0 Å². The van der Waals surface area contributed by atoms with E-state index in [9.17, 15) is 32.4 Å². The van der Waals surface area contributed by atoms with Gasteiger partial charge in [-0.15, -0.1) is 0 Å². The van der Waals surface area contributed by atoms with Crippen molar-refractivity contribution in [3.8, 4) is 0 Å². The van der Waals surface area contributed by atoms with Crippen LogP contribution in [0.4, 0.5) is 14.4 Å². The number of aliphatic imine (C=N–C) groups is 1. The van der Waals surface area contributed by atoms with Crippen molar-refractivity contribution in [2.75, 3.05) is 26.0 Å². The summed E-state index contributed by atoms with van der Waals surface area (Å²) in [7, 11) is -2.72. The molecule has 1 aromatic carbocycles. The van der Waals surface area contributed by atoms with Crippen LogP contribution in [-0.2, 0) is 49.9 Å². The van der Waals surface area contributed by atoms with Gasteiger partial charge in [-0.2, -0.15) is 4.72 Å². The van der Waals surface area contributed by atoms with Crippen molar-refractivity contribution in [1.82, 2.24) is 26.0 Å². The molecular formula is C35H56N6O12S. The Labute approximate surface area is 317 Å². The number of carbonyl (C=O) groups excluding carboxylic acids is 5. The van der Waals surface area contributed by atoms with Gasteiger partial charge in [0.05, 0.1) is 25.0 Å². The Morgan fingerprint density at radius 3 is 2.09 bits per heavy atom. The smallest absolute Gasteiger partial charge is 0.414 e. The van der Waals surface area contributed by atoms with E-state index in [1.165, 1.54) is 0 Å². The summed E-state index contributed by atoms with van der Waals surface area (Å²) in [6, 6.07) is 6.89. The molecule has 1 heterocycles. The number of guanidine groups is 1. The number of nitrogens with zero attached hydrogens (tertiary/aromatic N) is 1. The fourth-order valence-corrected chi connectivity index (χ4v) is 6.29. The zero-order valence-electron chi connectivity index (χ0n) is 32.3. The van der Waals surface area contributed by atoms with Crippen LogP contribution in [0.5, 0.6) is 0 Å². The van der Waals surface area contributed by atoms with E-state index in [4.69, 9.17) is 23.7 Å². The number of amides is 4. The van der Waals surface area contributed by atoms with Crippen LogP contribution in [-0.4, -0.2) is 106 Å². The van der Waals surface area contributed by atoms with Crippen molar-refractivity contribution in [2.45, 2.75) is 123 Å². The molecule has 0 aliphatic carbocycles. The fourth-order valence-electron chi connectivity index (χ4n) is 4.89. The quantitative estimate of drug-likeness (QED) is 0.0704. The molecule has 0 bridgehead atoms. The largest absolute Gasteiger partial charge is 0.468 e. The van der Waals surface area contributed by atoms with Gasteiger partial charge in [-0.05, 0) is 72.8 Å². The molecule has 1 aromatic rings. The van der Waals surface area contributed by atoms with E-state index in [-0.39, 0.29) is 44.3 Å². The van der Waals surface area contributed by atoms with E-state index < -0.39 is 75.7 Å². The lowest BCUT2D eigenvalue weighted by molar-refractivity contribution is -0.142. The normalized spacial score (nSPS) is 16.9. The number of unbranched alkanes of at least 4 members (excludes halogenated alkanes) is 1. The first-order valence-electron chi connectivity index (χ1n) is 17.7. The number of carbonyl (C=O) groups is 5. The number of sulfonamides is 1. The van der Waals surface area contributed by atoms with Crippen molar-refractivity contribution in [1.29, 1.82) is 0 Å². The Balaban J connectivity index is 2.20. The predicted octanol–water partition coefficient (Wildman–Crippen LogP) is 3.00. The van der Waals surface area contributed by atoms with Crippen molar-refractivity contribution < 1.29 is 56.1 Å². The summed E-state index contributed by atoms with van der Waals surface area (Å²) in [6.07, 6.45) is -2.60. The molecule has 0 spiro atoms. The van der Waals surface area contributed by atoms with E-state index in [1.807, 2.05) is 13.0 Å². The molecule has 1 aliphatic heterocycles. The number of alkyl carbamates (subject to hydrolysis) is 3. The highest BCUT2D eigenvalue weighted by Crippen LogP contribution is 2.24. The van der Waals surface area contributed by atoms with Crippen molar-refractivity contribution in [3.63, 3.8) is 0 Å². The summed E-state index contributed by atoms with van der Waals surface area (Å²) < 4.78 is 53.9. The molecule has 19 heteroatoms. The fraction of sp³-hybridized carbons (Fsp3) is 0.657. The maximum atomic E-state index is 13.2. The molecule has 0 radical (unpaired) electrons. The molecule has 4 amide bonds. The van der Waals surface area contributed by atoms with Gasteiger partial charge in [0.25, 0.3) is 0 Å². The molecule has 0 saturated carbocycles. The summed E-state index contributed by atoms with van der Waals surface area (Å²) in [5.41, 5.74) is -0.934. The summed E-state index contributed by atoms with van der Waals surface area (Å²) in [4.78, 5) is 67.8. The van der Waals surface area contributed by atoms with E-state index >= 15 is 0 Å². The lowest BCUT2D eigenvalue weighted by atomic mass is 10.0. The Morgan fingerprint density at radius 2 is 1.54 bits per heavy atom. The van der Waals surface area contributed by atoms with Crippen LogP contribution < -0.4 is 26.0 Å². The van der Waals surface area contributed by atoms with E-state index in [0.29, 0.717) is 19.3 Å². The van der Waals surface area contributed by atoms with Crippen LogP contribution in [0.2, 0.25) is 0 Å². The second-order valence-corrected chi connectivity index (χ2v) is 16.3. The second kappa shape index (κ2) is 21.4. The molecule has 1 unspecified atom stereocenters. The molecule has 54 heavy (non-hydrogen) atoms. The number of benzene rings is 1. The van der Waals surface area contributed by atoms with Crippen LogP contribution >= 0.6 is 0 Å². The maximum absolute atomic E-state index is 13.2. The van der Waals surface area contributed by atoms with E-state index in [2.05, 4.69) is 31.0 Å². The highest BCUT2D eigenvalue weighted by molar-refractivity contribution is 7.89. The van der Waals surface area contributed by atoms with Crippen LogP contribution in [0.1, 0.15) is 86.1 Å². The molecule has 304 valence electrons. The summed E-state index contributed by atoms with van der Waals surface area (Å²) in [5, 5.41) is 10.1. The minimum Gasteiger partial charge on any atom is -0.468 e. The lowest BCUT2D eigenvalue weighted by Gasteiger charge is -2.25. The van der Waals surface area contributed by atoms with Gasteiger partial charge >= 0.3 is 24.2 Å². The number of hydrogen-bond acceptors (Lipinski definition) is 13. The topological polar surface area (TPSA) is 238 Å². The van der Waals surface area contributed by atoms with Gasteiger partial charge in [-0.25, -0.2) is 22.8 Å². The monoisotopic (exact) mass is 784 g/mol. The van der Waals surface area contributed by atoms with Crippen LogP contribution in [0.3, 0.4) is 0 Å². The van der Waals surface area contributed by atoms with Gasteiger partial charge in [0.15, 0.2) is 0 Å². The van der Waals surface area contributed by atoms with Crippen molar-refractivity contribution in [2.24, 2.45) is 4.99 Å². The van der Waals surface area contributed by atoms with E-state index in [1.54, 1.807) is 65.8 Å². The Morgan fingerprint density at radius 1 is 0.926 bits per heavy atom. The second-order valence-electron chi connectivity index (χ2n) is 14.4. The number of nitrogens with one attached hydrogen (secondary N) is 5. The van der Waals surface area contributed by atoms with Gasteiger partial charge in [0.1, 0.15) is 30.0 Å². The van der Waals surface area contributed by atoms with Gasteiger partial charge in [0, 0.05) is 13.1 Å². The Bertz CT molecular complexity index is 1510. The molecule has 5 N–H and O–H groups in total. The zero-order chi connectivity index (χ0) is 40.5. The number of rotatable bonds is 16. The number of ether oxygens (including phenoxy) is 5. The standard InChI is InChI=1S/C35H56N6O12S/c1-9-10-20-54(47,48)41-25(29(43)49-8)21-37-28(42)27-17-16-26(51-27)24(38-31(44)50-22-23-14-12-11-13-15-23)18-19-36-30(39-32(45)52-34(2,3)4)40-33(46)53-35(5,6)7/h11-15,24-27,41H,9-10,16-22H2,1-8H3,(H,37,42)(H,38,44)(H2,36,39,40,45,46)/t24-,25+,26-,27?/m1/s1. The van der Waals surface area contributed by atoms with Crippen molar-refractivity contribution in [3.05, 3.63) is 35.9 Å². The van der Waals surface area contributed by atoms with Crippen LogP contribution in [0, 0.1) is 0 Å². The van der Waals surface area contributed by atoms with Crippen molar-refractivity contribution >= 4 is 46.1 Å². The third-order valence-electron chi connectivity index (χ3n) is 7.31. The summed E-state index contributed by atoms with van der Waals surface area (Å²) in [5.74, 6) is -1.94. The third kappa shape index (κ3) is 18.5. The molecule has 4 atom stereocenters. The van der Waals surface area contributed by atoms with Crippen LogP contribution in [0.15, 0.2) is 35.3 Å². The number of esters is 1. The molecule has 1 saturated heterocycles. The molecule has 2 rings (SSSR count). The number of methoxy groups -OCH3 is 1. The zero-order valence-corrected chi connectivity index (χ0v) is 33.1. The highest BCUT2D eigenvalue weighted by atomic mass is 32.2. The third-order valence-corrected chi connectivity index (χ3v) is 8.78. The molecule has 18 nitrogen and oxygen atoms in total. The Kier molecular flexibility index (Phi) is 18.1. The first-order valence-corrected chi connectivity index (χ1v) is 19.4. The average Bonchev–Trinajstić information content (AvgIpc) is 3.56. The van der Waals surface area contributed by atoms with Gasteiger partial charge in [-0.3, -0.25) is 25.2 Å². The molecule has 0 aromatic heterocycles. The summed E-state index contributed by atoms with van der Waals surface area (Å²) in [6.45, 7) is 11.4. The minimum atomic E-state index is -3.82. The van der Waals surface area contributed by atoms with Gasteiger partial charge < -0.3 is 34.3 Å². The Hall–Kier alpha value is -4.49. The van der Waals surface area contributed by atoms with E-state index in [0.717, 1.165) is 12.7 Å². The average molecular weight is 785 g/mol. The maximum Gasteiger partial charge on any atom is 0.414 e. The lowest BCUT2D eigenvalue weighted by Crippen LogP contribution is -2.51. The molecule has 1 fully saturated rings. The molecule has 1 aliphatic rings. The first kappa shape index (κ1) is 45.7. The first-order chi connectivity index (χ1) is 25.2. The van der Waals surface area contributed by atoms with Gasteiger partial charge in [-0.1, -0.05) is 43.7 Å². The summed E-state index contributed by atoms with van der Waals surface area (Å²) >= 11 is 0. The number of hydrogen-bond donors (Lipinski definition) is 5. The van der Waals surface area contributed by atoms with Gasteiger partial charge in [0.2, 0.25) is 21.9 Å². The highest BCUT2D eigenvalue weighted by Gasteiger charge is 2.37.